The van der Waals surface area contributed by atoms with Crippen LogP contribution in [0.3, 0.4) is 0 Å². The van der Waals surface area contributed by atoms with E-state index in [1.807, 2.05) is 0 Å². The van der Waals surface area contributed by atoms with Gasteiger partial charge in [-0.2, -0.15) is 0 Å². The van der Waals surface area contributed by atoms with Gasteiger partial charge in [0.25, 0.3) is 0 Å². The predicted octanol–water partition coefficient (Wildman–Crippen LogP) is 2.11. The summed E-state index contributed by atoms with van der Waals surface area (Å²) >= 11 is 0. The molecule has 0 unspecified atom stereocenters. The molecule has 1 fully saturated rings. The van der Waals surface area contributed by atoms with E-state index in [2.05, 4.69) is 31.1 Å². The van der Waals surface area contributed by atoms with Gasteiger partial charge in [-0.3, -0.25) is 0 Å². The molecular weight excluding hydrogens is 172 g/mol. The normalized spacial score (nSPS) is 16.9. The molecule has 1 aliphatic carbocycles. The summed E-state index contributed by atoms with van der Waals surface area (Å²) in [4.78, 5) is 2.47. The highest BCUT2D eigenvalue weighted by molar-refractivity contribution is 4.76. The Labute approximate surface area is 89.1 Å². The van der Waals surface area contributed by atoms with E-state index in [4.69, 9.17) is 0 Å². The average Bonchev–Trinajstić information content (AvgIpc) is 2.96. The Hall–Kier alpha value is -0.0800. The number of nitrogens with zero attached hydrogens (tertiary/aromatic N) is 1. The maximum Gasteiger partial charge on any atom is 0.0104 e. The third kappa shape index (κ3) is 4.97. The zero-order valence-corrected chi connectivity index (χ0v) is 10.1. The number of likely N-dealkylation sites (N-methyl/N-ethyl adjacent to an activating group) is 1. The van der Waals surface area contributed by atoms with Crippen molar-refractivity contribution < 1.29 is 0 Å². The molecule has 2 nitrogen and oxygen atoms in total. The summed E-state index contributed by atoms with van der Waals surface area (Å²) < 4.78 is 0. The molecule has 1 saturated carbocycles. The Balaban J connectivity index is 1.95. The van der Waals surface area contributed by atoms with Gasteiger partial charge in [-0.1, -0.05) is 13.8 Å². The second kappa shape index (κ2) is 6.41. The van der Waals surface area contributed by atoms with Crippen LogP contribution in [-0.4, -0.2) is 37.6 Å². The second-order valence-corrected chi connectivity index (χ2v) is 4.67. The van der Waals surface area contributed by atoms with Crippen LogP contribution in [-0.2, 0) is 0 Å². The SMILES string of the molecule is CCC(CC)NCCN(C)CC1CC1. The van der Waals surface area contributed by atoms with Gasteiger partial charge in [-0.05, 0) is 38.6 Å². The van der Waals surface area contributed by atoms with Gasteiger partial charge in [0, 0.05) is 25.7 Å². The molecule has 0 saturated heterocycles. The molecule has 14 heavy (non-hydrogen) atoms. The quantitative estimate of drug-likeness (QED) is 0.642. The molecule has 0 aromatic heterocycles. The van der Waals surface area contributed by atoms with Crippen LogP contribution in [0.4, 0.5) is 0 Å². The van der Waals surface area contributed by atoms with Gasteiger partial charge in [0.15, 0.2) is 0 Å². The first-order chi connectivity index (χ1) is 6.76. The van der Waals surface area contributed by atoms with Gasteiger partial charge in [0.1, 0.15) is 0 Å². The van der Waals surface area contributed by atoms with Crippen molar-refractivity contribution >= 4 is 0 Å². The molecule has 0 aliphatic heterocycles. The van der Waals surface area contributed by atoms with Crippen molar-refractivity contribution in [1.82, 2.24) is 10.2 Å². The highest BCUT2D eigenvalue weighted by atomic mass is 15.1. The maximum absolute atomic E-state index is 3.60. The summed E-state index contributed by atoms with van der Waals surface area (Å²) in [6.45, 7) is 8.18. The summed E-state index contributed by atoms with van der Waals surface area (Å²) in [6.07, 6.45) is 5.43. The Morgan fingerprint density at radius 3 is 2.43 bits per heavy atom. The van der Waals surface area contributed by atoms with Crippen LogP contribution in [0, 0.1) is 5.92 Å². The van der Waals surface area contributed by atoms with E-state index in [0.29, 0.717) is 0 Å². The molecule has 0 aromatic carbocycles. The molecule has 0 spiro atoms. The zero-order valence-electron chi connectivity index (χ0n) is 10.1. The number of nitrogens with one attached hydrogen (secondary N) is 1. The minimum Gasteiger partial charge on any atom is -0.313 e. The van der Waals surface area contributed by atoms with Crippen molar-refractivity contribution in [3.63, 3.8) is 0 Å². The topological polar surface area (TPSA) is 15.3 Å². The van der Waals surface area contributed by atoms with Crippen LogP contribution >= 0.6 is 0 Å². The van der Waals surface area contributed by atoms with Gasteiger partial charge in [0.2, 0.25) is 0 Å². The summed E-state index contributed by atoms with van der Waals surface area (Å²) in [7, 11) is 2.24. The largest absolute Gasteiger partial charge is 0.313 e. The molecule has 0 heterocycles. The van der Waals surface area contributed by atoms with Crippen molar-refractivity contribution in [3.05, 3.63) is 0 Å². The molecule has 1 N–H and O–H groups in total. The van der Waals surface area contributed by atoms with Gasteiger partial charge in [-0.25, -0.2) is 0 Å². The summed E-state index contributed by atoms with van der Waals surface area (Å²) in [6, 6.07) is 0.726. The van der Waals surface area contributed by atoms with Gasteiger partial charge >= 0.3 is 0 Å². The predicted molar refractivity (Wildman–Crippen MR) is 62.6 cm³/mol. The first-order valence-corrected chi connectivity index (χ1v) is 6.18. The molecule has 1 aliphatic rings. The van der Waals surface area contributed by atoms with E-state index in [-0.39, 0.29) is 0 Å². The van der Waals surface area contributed by atoms with Crippen molar-refractivity contribution in [2.45, 2.75) is 45.6 Å². The fourth-order valence-electron chi connectivity index (χ4n) is 1.87. The summed E-state index contributed by atoms with van der Waals surface area (Å²) in [5.74, 6) is 1.02. The van der Waals surface area contributed by atoms with Gasteiger partial charge < -0.3 is 10.2 Å². The Morgan fingerprint density at radius 2 is 1.93 bits per heavy atom. The van der Waals surface area contributed by atoms with Crippen molar-refractivity contribution in [2.24, 2.45) is 5.92 Å². The van der Waals surface area contributed by atoms with E-state index >= 15 is 0 Å². The summed E-state index contributed by atoms with van der Waals surface area (Å²) in [5.41, 5.74) is 0. The van der Waals surface area contributed by atoms with E-state index in [1.54, 1.807) is 0 Å². The van der Waals surface area contributed by atoms with E-state index in [1.165, 1.54) is 38.8 Å². The lowest BCUT2D eigenvalue weighted by molar-refractivity contribution is 0.309. The molecule has 0 atom stereocenters. The minimum absolute atomic E-state index is 0.726. The zero-order chi connectivity index (χ0) is 10.4. The third-order valence-electron chi connectivity index (χ3n) is 3.18. The van der Waals surface area contributed by atoms with Gasteiger partial charge in [0.05, 0.1) is 0 Å². The maximum atomic E-state index is 3.60. The van der Waals surface area contributed by atoms with Crippen molar-refractivity contribution in [2.75, 3.05) is 26.7 Å². The third-order valence-corrected chi connectivity index (χ3v) is 3.18. The molecule has 84 valence electrons. The van der Waals surface area contributed by atoms with Crippen LogP contribution in [0.2, 0.25) is 0 Å². The first kappa shape index (κ1) is 12.0. The lowest BCUT2D eigenvalue weighted by atomic mass is 10.2. The Kier molecular flexibility index (Phi) is 5.49. The van der Waals surface area contributed by atoms with E-state index in [9.17, 15) is 0 Å². The van der Waals surface area contributed by atoms with Crippen LogP contribution in [0.5, 0.6) is 0 Å². The molecule has 0 amide bonds. The number of rotatable bonds is 8. The Bertz CT molecular complexity index is 139. The van der Waals surface area contributed by atoms with Crippen molar-refractivity contribution in [1.29, 1.82) is 0 Å². The highest BCUT2D eigenvalue weighted by Crippen LogP contribution is 2.29. The highest BCUT2D eigenvalue weighted by Gasteiger charge is 2.22. The lowest BCUT2D eigenvalue weighted by Gasteiger charge is -2.19. The van der Waals surface area contributed by atoms with Gasteiger partial charge in [-0.15, -0.1) is 0 Å². The minimum atomic E-state index is 0.726. The van der Waals surface area contributed by atoms with Crippen LogP contribution < -0.4 is 5.32 Å². The number of hydrogen-bond acceptors (Lipinski definition) is 2. The Morgan fingerprint density at radius 1 is 1.29 bits per heavy atom. The molecule has 1 rings (SSSR count). The first-order valence-electron chi connectivity index (χ1n) is 6.18. The van der Waals surface area contributed by atoms with Crippen LogP contribution in [0.1, 0.15) is 39.5 Å². The summed E-state index contributed by atoms with van der Waals surface area (Å²) in [5, 5.41) is 3.60. The molecule has 0 bridgehead atoms. The van der Waals surface area contributed by atoms with Crippen molar-refractivity contribution in [3.8, 4) is 0 Å². The van der Waals surface area contributed by atoms with E-state index < -0.39 is 0 Å². The standard InChI is InChI=1S/C12H26N2/c1-4-12(5-2)13-8-9-14(3)10-11-6-7-11/h11-13H,4-10H2,1-3H3. The lowest BCUT2D eigenvalue weighted by Crippen LogP contribution is -2.35. The molecule has 0 aromatic rings. The fraction of sp³-hybridized carbons (Fsp3) is 1.00. The molecular formula is C12H26N2. The second-order valence-electron chi connectivity index (χ2n) is 4.67. The fourth-order valence-corrected chi connectivity index (χ4v) is 1.87. The smallest absolute Gasteiger partial charge is 0.0104 e. The van der Waals surface area contributed by atoms with Crippen LogP contribution in [0.15, 0.2) is 0 Å². The van der Waals surface area contributed by atoms with Crippen LogP contribution in [0.25, 0.3) is 0 Å². The monoisotopic (exact) mass is 198 g/mol. The average molecular weight is 198 g/mol. The number of hydrogen-bond donors (Lipinski definition) is 1. The molecule has 0 radical (unpaired) electrons. The van der Waals surface area contributed by atoms with E-state index in [0.717, 1.165) is 18.5 Å². The molecule has 2 heteroatoms.